The molecule has 0 spiro atoms. The number of esters is 1. The Morgan fingerprint density at radius 3 is 2.11 bits per heavy atom. The largest absolute Gasteiger partial charge is 0.468 e. The predicted octanol–water partition coefficient (Wildman–Crippen LogP) is 2.04. The van der Waals surface area contributed by atoms with Crippen LogP contribution in [0.2, 0.25) is 0 Å². The van der Waals surface area contributed by atoms with Crippen molar-refractivity contribution in [3.63, 3.8) is 0 Å². The zero-order chi connectivity index (χ0) is 14.3. The van der Waals surface area contributed by atoms with Crippen LogP contribution in [0.5, 0.6) is 0 Å². The van der Waals surface area contributed by atoms with Gasteiger partial charge in [-0.05, 0) is 47.2 Å². The predicted molar refractivity (Wildman–Crippen MR) is 75.7 cm³/mol. The molecular weight excluding hydrogens is 228 g/mol. The lowest BCUT2D eigenvalue weighted by Gasteiger charge is -2.36. The summed E-state index contributed by atoms with van der Waals surface area (Å²) < 4.78 is 4.94. The van der Waals surface area contributed by atoms with Gasteiger partial charge in [0.15, 0.2) is 0 Å². The Kier molecular flexibility index (Phi) is 7.48. The number of methoxy groups -OCH3 is 1. The van der Waals surface area contributed by atoms with Gasteiger partial charge in [0.25, 0.3) is 0 Å². The van der Waals surface area contributed by atoms with Gasteiger partial charge in [-0.25, -0.2) is 0 Å². The Hall–Kier alpha value is -0.610. The van der Waals surface area contributed by atoms with Gasteiger partial charge in [0.2, 0.25) is 0 Å². The molecule has 0 aliphatic rings. The molecule has 0 aromatic rings. The first-order chi connectivity index (χ1) is 8.30. The minimum absolute atomic E-state index is 0.185. The van der Waals surface area contributed by atoms with Crippen molar-refractivity contribution in [2.45, 2.75) is 65.6 Å². The number of carbonyl (C=O) groups excluding carboxylic acids is 1. The third-order valence-electron chi connectivity index (χ3n) is 3.38. The van der Waals surface area contributed by atoms with E-state index in [0.29, 0.717) is 6.04 Å². The topological polar surface area (TPSA) is 41.6 Å². The fourth-order valence-corrected chi connectivity index (χ4v) is 2.63. The van der Waals surface area contributed by atoms with Crippen molar-refractivity contribution >= 4 is 5.97 Å². The van der Waals surface area contributed by atoms with E-state index in [0.717, 1.165) is 19.5 Å². The highest BCUT2D eigenvalue weighted by Crippen LogP contribution is 2.19. The van der Waals surface area contributed by atoms with Gasteiger partial charge in [0.1, 0.15) is 5.54 Å². The van der Waals surface area contributed by atoms with Gasteiger partial charge < -0.3 is 9.64 Å². The summed E-state index contributed by atoms with van der Waals surface area (Å²) in [5.74, 6) is -0.185. The lowest BCUT2D eigenvalue weighted by molar-refractivity contribution is -0.149. The second-order valence-electron chi connectivity index (χ2n) is 5.40. The molecular formula is C14H30N2O2. The van der Waals surface area contributed by atoms with E-state index in [-0.39, 0.29) is 12.0 Å². The van der Waals surface area contributed by atoms with Crippen LogP contribution in [0.25, 0.3) is 0 Å². The number of carbonyl (C=O) groups is 1. The smallest absolute Gasteiger partial charge is 0.325 e. The summed E-state index contributed by atoms with van der Waals surface area (Å²) in [5, 5.41) is 3.34. The van der Waals surface area contributed by atoms with Crippen molar-refractivity contribution in [3.8, 4) is 0 Å². The molecule has 108 valence electrons. The van der Waals surface area contributed by atoms with Crippen molar-refractivity contribution in [3.05, 3.63) is 0 Å². The summed E-state index contributed by atoms with van der Waals surface area (Å²) in [5.41, 5.74) is -0.620. The minimum atomic E-state index is -0.620. The van der Waals surface area contributed by atoms with E-state index in [4.69, 9.17) is 4.74 Å². The molecule has 0 radical (unpaired) electrons. The molecule has 0 aliphatic heterocycles. The molecule has 0 bridgehead atoms. The van der Waals surface area contributed by atoms with E-state index < -0.39 is 5.54 Å². The molecule has 0 saturated heterocycles. The van der Waals surface area contributed by atoms with Gasteiger partial charge in [-0.2, -0.15) is 0 Å². The van der Waals surface area contributed by atoms with Crippen LogP contribution in [0.15, 0.2) is 0 Å². The average Bonchev–Trinajstić information content (AvgIpc) is 2.28. The van der Waals surface area contributed by atoms with Crippen molar-refractivity contribution in [1.29, 1.82) is 0 Å². The zero-order valence-corrected chi connectivity index (χ0v) is 13.0. The van der Waals surface area contributed by atoms with Crippen molar-refractivity contribution in [1.82, 2.24) is 10.2 Å². The quantitative estimate of drug-likeness (QED) is 0.677. The first-order valence-electron chi connectivity index (χ1n) is 6.90. The van der Waals surface area contributed by atoms with E-state index in [9.17, 15) is 4.79 Å². The Balaban J connectivity index is 4.83. The number of hydrogen-bond acceptors (Lipinski definition) is 4. The first-order valence-corrected chi connectivity index (χ1v) is 6.90. The molecule has 4 heteroatoms. The van der Waals surface area contributed by atoms with Crippen LogP contribution in [0.4, 0.5) is 0 Å². The maximum atomic E-state index is 12.0. The Morgan fingerprint density at radius 1 is 1.28 bits per heavy atom. The van der Waals surface area contributed by atoms with Gasteiger partial charge in [-0.3, -0.25) is 10.1 Å². The third-order valence-corrected chi connectivity index (χ3v) is 3.38. The SMILES string of the molecule is CCN(CC)C(C)CC(C)(NC(C)C)C(=O)OC. The molecule has 0 aliphatic carbocycles. The third kappa shape index (κ3) is 4.94. The molecule has 2 atom stereocenters. The van der Waals surface area contributed by atoms with Crippen molar-refractivity contribution in [2.75, 3.05) is 20.2 Å². The number of rotatable bonds is 8. The molecule has 0 aromatic carbocycles. The van der Waals surface area contributed by atoms with Gasteiger partial charge in [-0.1, -0.05) is 13.8 Å². The number of nitrogens with one attached hydrogen (secondary N) is 1. The number of hydrogen-bond donors (Lipinski definition) is 1. The Labute approximate surface area is 112 Å². The monoisotopic (exact) mass is 258 g/mol. The normalized spacial score (nSPS) is 16.7. The van der Waals surface area contributed by atoms with E-state index >= 15 is 0 Å². The highest BCUT2D eigenvalue weighted by Gasteiger charge is 2.37. The summed E-state index contributed by atoms with van der Waals surface area (Å²) >= 11 is 0. The van der Waals surface area contributed by atoms with E-state index in [1.165, 1.54) is 7.11 Å². The fraction of sp³-hybridized carbons (Fsp3) is 0.929. The maximum absolute atomic E-state index is 12.0. The highest BCUT2D eigenvalue weighted by molar-refractivity contribution is 5.80. The molecule has 0 fully saturated rings. The Morgan fingerprint density at radius 2 is 1.78 bits per heavy atom. The summed E-state index contributed by atoms with van der Waals surface area (Å²) in [7, 11) is 1.45. The zero-order valence-electron chi connectivity index (χ0n) is 13.0. The minimum Gasteiger partial charge on any atom is -0.468 e. The lowest BCUT2D eigenvalue weighted by atomic mass is 9.92. The van der Waals surface area contributed by atoms with Gasteiger partial charge >= 0.3 is 5.97 Å². The van der Waals surface area contributed by atoms with Crippen LogP contribution in [-0.2, 0) is 9.53 Å². The molecule has 0 heterocycles. The summed E-state index contributed by atoms with van der Waals surface area (Å²) in [4.78, 5) is 14.4. The van der Waals surface area contributed by atoms with Crippen LogP contribution in [-0.4, -0.2) is 48.7 Å². The van der Waals surface area contributed by atoms with Crippen LogP contribution < -0.4 is 5.32 Å². The standard InChI is InChI=1S/C14H30N2O2/c1-8-16(9-2)12(5)10-14(6,13(17)18-7)15-11(3)4/h11-12,15H,8-10H2,1-7H3. The molecule has 1 N–H and O–H groups in total. The van der Waals surface area contributed by atoms with E-state index in [1.54, 1.807) is 0 Å². The average molecular weight is 258 g/mol. The highest BCUT2D eigenvalue weighted by atomic mass is 16.5. The van der Waals surface area contributed by atoms with Crippen LogP contribution in [0, 0.1) is 0 Å². The van der Waals surface area contributed by atoms with Gasteiger partial charge in [-0.15, -0.1) is 0 Å². The molecule has 0 amide bonds. The Bertz CT molecular complexity index is 252. The number of nitrogens with zero attached hydrogens (tertiary/aromatic N) is 1. The summed E-state index contributed by atoms with van der Waals surface area (Å²) in [6, 6.07) is 0.591. The summed E-state index contributed by atoms with van der Waals surface area (Å²) in [6.45, 7) is 14.5. The van der Waals surface area contributed by atoms with E-state index in [1.807, 2.05) is 20.8 Å². The van der Waals surface area contributed by atoms with Crippen LogP contribution in [0.1, 0.15) is 48.0 Å². The summed E-state index contributed by atoms with van der Waals surface area (Å²) in [6.07, 6.45) is 0.750. The number of ether oxygens (including phenoxy) is 1. The van der Waals surface area contributed by atoms with Crippen LogP contribution >= 0.6 is 0 Å². The van der Waals surface area contributed by atoms with E-state index in [2.05, 4.69) is 31.0 Å². The lowest BCUT2D eigenvalue weighted by Crippen LogP contribution is -2.56. The molecule has 18 heavy (non-hydrogen) atoms. The molecule has 0 saturated carbocycles. The van der Waals surface area contributed by atoms with Crippen molar-refractivity contribution < 1.29 is 9.53 Å². The second-order valence-corrected chi connectivity index (χ2v) is 5.40. The van der Waals surface area contributed by atoms with Gasteiger partial charge in [0, 0.05) is 12.1 Å². The first kappa shape index (κ1) is 17.4. The van der Waals surface area contributed by atoms with Crippen molar-refractivity contribution in [2.24, 2.45) is 0 Å². The second kappa shape index (κ2) is 7.74. The molecule has 0 aromatic heterocycles. The molecule has 2 unspecified atom stereocenters. The van der Waals surface area contributed by atoms with Crippen LogP contribution in [0.3, 0.4) is 0 Å². The fourth-order valence-electron chi connectivity index (χ4n) is 2.63. The van der Waals surface area contributed by atoms with Gasteiger partial charge in [0.05, 0.1) is 7.11 Å². The molecule has 0 rings (SSSR count). The molecule has 4 nitrogen and oxygen atoms in total. The maximum Gasteiger partial charge on any atom is 0.325 e.